The summed E-state index contributed by atoms with van der Waals surface area (Å²) in [6, 6.07) is 1.53. The van der Waals surface area contributed by atoms with Crippen molar-refractivity contribution in [1.82, 2.24) is 0 Å². The van der Waals surface area contributed by atoms with Gasteiger partial charge in [-0.25, -0.2) is 0 Å². The number of rotatable bonds is 3. The molecule has 1 rings (SSSR count). The lowest BCUT2D eigenvalue weighted by atomic mass is 10.2. The van der Waals surface area contributed by atoms with E-state index in [0.717, 1.165) is 0 Å². The Morgan fingerprint density at radius 1 is 1.70 bits per heavy atom. The Morgan fingerprint density at radius 2 is 2.50 bits per heavy atom. The third-order valence-electron chi connectivity index (χ3n) is 1.11. The first kappa shape index (κ1) is 6.74. The van der Waals surface area contributed by atoms with Gasteiger partial charge >= 0.3 is 0 Å². The van der Waals surface area contributed by atoms with E-state index in [1.807, 2.05) is 0 Å². The molecule has 1 heterocycles. The Kier molecular flexibility index (Phi) is 1.99. The van der Waals surface area contributed by atoms with Crippen LogP contribution in [0.5, 0.6) is 0 Å². The zero-order valence-corrected chi connectivity index (χ0v) is 5.24. The maximum absolute atomic E-state index is 10.8. The third-order valence-corrected chi connectivity index (χ3v) is 1.11. The summed E-state index contributed by atoms with van der Waals surface area (Å²) in [7, 11) is 0. The summed E-state index contributed by atoms with van der Waals surface area (Å²) in [6.45, 7) is 0. The second-order valence-corrected chi connectivity index (χ2v) is 1.81. The minimum Gasteiger partial charge on any atom is -0.472 e. The fraction of sp³-hybridized carbons (Fsp3) is 0.143. The van der Waals surface area contributed by atoms with Crippen LogP contribution in [-0.4, -0.2) is 12.1 Å². The minimum atomic E-state index is -0.205. The van der Waals surface area contributed by atoms with E-state index in [9.17, 15) is 9.59 Å². The van der Waals surface area contributed by atoms with Gasteiger partial charge in [-0.15, -0.1) is 0 Å². The Morgan fingerprint density at radius 3 is 3.00 bits per heavy atom. The van der Waals surface area contributed by atoms with Gasteiger partial charge in [-0.1, -0.05) is 0 Å². The van der Waals surface area contributed by atoms with E-state index in [2.05, 4.69) is 4.42 Å². The van der Waals surface area contributed by atoms with Gasteiger partial charge in [0.25, 0.3) is 0 Å². The van der Waals surface area contributed by atoms with Gasteiger partial charge in [-0.2, -0.15) is 0 Å². The molecule has 0 aliphatic heterocycles. The third kappa shape index (κ3) is 1.31. The van der Waals surface area contributed by atoms with Gasteiger partial charge in [0, 0.05) is 0 Å². The summed E-state index contributed by atoms with van der Waals surface area (Å²) in [5.41, 5.74) is 0.451. The number of carbonyl (C=O) groups is 2. The fourth-order valence-electron chi connectivity index (χ4n) is 0.617. The van der Waals surface area contributed by atoms with Crippen molar-refractivity contribution in [2.24, 2.45) is 0 Å². The van der Waals surface area contributed by atoms with E-state index < -0.39 is 0 Å². The van der Waals surface area contributed by atoms with Crippen LogP contribution in [0.1, 0.15) is 16.8 Å². The fourth-order valence-corrected chi connectivity index (χ4v) is 0.617. The van der Waals surface area contributed by atoms with Crippen LogP contribution in [0.3, 0.4) is 0 Å². The zero-order chi connectivity index (χ0) is 7.40. The van der Waals surface area contributed by atoms with E-state index in [-0.39, 0.29) is 12.2 Å². The van der Waals surface area contributed by atoms with Crippen LogP contribution in [0.2, 0.25) is 0 Å². The van der Waals surface area contributed by atoms with Gasteiger partial charge in [-0.3, -0.25) is 4.79 Å². The predicted octanol–water partition coefficient (Wildman–Crippen LogP) is 1.05. The van der Waals surface area contributed by atoms with Crippen molar-refractivity contribution in [3.8, 4) is 0 Å². The molecule has 0 saturated carbocycles. The monoisotopic (exact) mass is 138 g/mol. The number of aldehydes is 1. The molecule has 0 unspecified atom stereocenters. The molecule has 0 aliphatic carbocycles. The van der Waals surface area contributed by atoms with Crippen molar-refractivity contribution in [2.45, 2.75) is 6.42 Å². The number of ketones is 1. The number of carbonyl (C=O) groups excluding carboxylic acids is 2. The number of furan rings is 1. The average molecular weight is 138 g/mol. The standard InChI is InChI=1S/C7H6O3/c8-3-1-7(9)6-2-4-10-5-6/h2-5H,1H2. The largest absolute Gasteiger partial charge is 0.472 e. The van der Waals surface area contributed by atoms with Crippen LogP contribution in [0.25, 0.3) is 0 Å². The molecular weight excluding hydrogens is 132 g/mol. The first-order valence-electron chi connectivity index (χ1n) is 2.83. The van der Waals surface area contributed by atoms with Crippen LogP contribution in [0, 0.1) is 0 Å². The molecule has 52 valence electrons. The van der Waals surface area contributed by atoms with E-state index in [4.69, 9.17) is 0 Å². The summed E-state index contributed by atoms with van der Waals surface area (Å²) in [6.07, 6.45) is 3.23. The molecule has 0 aromatic carbocycles. The van der Waals surface area contributed by atoms with E-state index >= 15 is 0 Å². The lowest BCUT2D eigenvalue weighted by molar-refractivity contribution is -0.107. The maximum Gasteiger partial charge on any atom is 0.173 e. The molecule has 0 aliphatic rings. The van der Waals surface area contributed by atoms with Gasteiger partial charge in [0.05, 0.1) is 18.2 Å². The maximum atomic E-state index is 10.8. The minimum absolute atomic E-state index is 0.0699. The quantitative estimate of drug-likeness (QED) is 0.356. The molecule has 0 saturated heterocycles. The van der Waals surface area contributed by atoms with Crippen LogP contribution in [-0.2, 0) is 4.79 Å². The first-order valence-corrected chi connectivity index (χ1v) is 2.83. The van der Waals surface area contributed by atoms with Gasteiger partial charge in [0.1, 0.15) is 12.5 Å². The molecule has 0 radical (unpaired) electrons. The summed E-state index contributed by atoms with van der Waals surface area (Å²) in [5, 5.41) is 0. The molecule has 10 heavy (non-hydrogen) atoms. The summed E-state index contributed by atoms with van der Waals surface area (Å²) < 4.78 is 4.65. The molecule has 1 aromatic rings. The van der Waals surface area contributed by atoms with Crippen molar-refractivity contribution in [1.29, 1.82) is 0 Å². The molecule has 3 heteroatoms. The van der Waals surface area contributed by atoms with Crippen molar-refractivity contribution >= 4 is 12.1 Å². The normalized spacial score (nSPS) is 9.20. The summed E-state index contributed by atoms with van der Waals surface area (Å²) >= 11 is 0. The SMILES string of the molecule is O=CCC(=O)c1ccoc1. The van der Waals surface area contributed by atoms with Crippen LogP contribution < -0.4 is 0 Å². The van der Waals surface area contributed by atoms with Crippen molar-refractivity contribution < 1.29 is 14.0 Å². The van der Waals surface area contributed by atoms with E-state index in [1.165, 1.54) is 18.6 Å². The highest BCUT2D eigenvalue weighted by atomic mass is 16.3. The molecule has 0 spiro atoms. The highest BCUT2D eigenvalue weighted by Gasteiger charge is 2.04. The number of hydrogen-bond acceptors (Lipinski definition) is 3. The smallest absolute Gasteiger partial charge is 0.173 e. The molecule has 3 nitrogen and oxygen atoms in total. The molecule has 0 bridgehead atoms. The zero-order valence-electron chi connectivity index (χ0n) is 5.24. The molecule has 0 N–H and O–H groups in total. The van der Waals surface area contributed by atoms with E-state index in [1.54, 1.807) is 0 Å². The van der Waals surface area contributed by atoms with Gasteiger partial charge in [0.2, 0.25) is 0 Å². The Bertz CT molecular complexity index is 223. The summed E-state index contributed by atoms with van der Waals surface area (Å²) in [4.78, 5) is 20.7. The van der Waals surface area contributed by atoms with Crippen LogP contribution >= 0.6 is 0 Å². The molecular formula is C7H6O3. The number of hydrogen-bond donors (Lipinski definition) is 0. The second-order valence-electron chi connectivity index (χ2n) is 1.81. The second kappa shape index (κ2) is 2.96. The predicted molar refractivity (Wildman–Crippen MR) is 33.7 cm³/mol. The van der Waals surface area contributed by atoms with E-state index in [0.29, 0.717) is 11.8 Å². The lowest BCUT2D eigenvalue weighted by Gasteiger charge is -1.85. The van der Waals surface area contributed by atoms with Crippen molar-refractivity contribution in [2.75, 3.05) is 0 Å². The van der Waals surface area contributed by atoms with Gasteiger partial charge < -0.3 is 9.21 Å². The van der Waals surface area contributed by atoms with Crippen LogP contribution in [0.15, 0.2) is 23.0 Å². The number of Topliss-reactive ketones (excluding diaryl/α,β-unsaturated/α-hetero) is 1. The molecule has 0 amide bonds. The Labute approximate surface area is 57.6 Å². The first-order chi connectivity index (χ1) is 4.84. The topological polar surface area (TPSA) is 47.3 Å². The summed E-state index contributed by atoms with van der Waals surface area (Å²) in [5.74, 6) is -0.205. The lowest BCUT2D eigenvalue weighted by Crippen LogP contribution is -1.96. The Hall–Kier alpha value is -1.38. The van der Waals surface area contributed by atoms with Crippen molar-refractivity contribution in [3.63, 3.8) is 0 Å². The molecule has 1 aromatic heterocycles. The van der Waals surface area contributed by atoms with Crippen LogP contribution in [0.4, 0.5) is 0 Å². The van der Waals surface area contributed by atoms with Gasteiger partial charge in [-0.05, 0) is 6.07 Å². The molecule has 0 atom stereocenters. The molecule has 0 fully saturated rings. The highest BCUT2D eigenvalue weighted by molar-refractivity contribution is 6.02. The van der Waals surface area contributed by atoms with Crippen molar-refractivity contribution in [3.05, 3.63) is 24.2 Å². The van der Waals surface area contributed by atoms with Gasteiger partial charge in [0.15, 0.2) is 5.78 Å². The highest BCUT2D eigenvalue weighted by Crippen LogP contribution is 2.01. The average Bonchev–Trinajstić information content (AvgIpc) is 2.38. The Balaban J connectivity index is 2.68.